The molecule has 1 saturated carbocycles. The van der Waals surface area contributed by atoms with Crippen LogP contribution in [0.4, 0.5) is 0 Å². The molecule has 1 atom stereocenters. The molecule has 4 nitrogen and oxygen atoms in total. The summed E-state index contributed by atoms with van der Waals surface area (Å²) >= 11 is 1.99. The molecule has 1 N–H and O–H groups in total. The first-order valence-electron chi connectivity index (χ1n) is 6.00. The van der Waals surface area contributed by atoms with Crippen LogP contribution in [0.2, 0.25) is 0 Å². The van der Waals surface area contributed by atoms with Crippen LogP contribution in [-0.4, -0.2) is 29.5 Å². The van der Waals surface area contributed by atoms with Crippen molar-refractivity contribution in [1.82, 2.24) is 5.32 Å². The number of carbonyl (C=O) groups excluding carboxylic acids is 2. The predicted molar refractivity (Wildman–Crippen MR) is 74.0 cm³/mol. The van der Waals surface area contributed by atoms with E-state index in [-0.39, 0.29) is 21.2 Å². The third kappa shape index (κ3) is 4.12. The van der Waals surface area contributed by atoms with Crippen molar-refractivity contribution in [1.29, 1.82) is 0 Å². The fraction of sp³-hybridized carbons (Fsp3) is 0.833. The van der Waals surface area contributed by atoms with Crippen molar-refractivity contribution in [2.45, 2.75) is 43.0 Å². The number of hydrogen-bond acceptors (Lipinski definition) is 3. The van der Waals surface area contributed by atoms with Gasteiger partial charge in [-0.05, 0) is 12.8 Å². The molecule has 1 fully saturated rings. The third-order valence-corrected chi connectivity index (χ3v) is 4.35. The van der Waals surface area contributed by atoms with E-state index in [2.05, 4.69) is 10.1 Å². The Kier molecular flexibility index (Phi) is 5.69. The number of amides is 1. The lowest BCUT2D eigenvalue weighted by Crippen LogP contribution is -2.43. The number of alkyl halides is 1. The Morgan fingerprint density at radius 3 is 2.47 bits per heavy atom. The molecule has 0 bridgehead atoms. The maximum absolute atomic E-state index is 12.1. The van der Waals surface area contributed by atoms with Gasteiger partial charge in [0, 0.05) is 12.0 Å². The average molecular weight is 353 g/mol. The quantitative estimate of drug-likeness (QED) is 0.478. The number of hydrogen-bond donors (Lipinski definition) is 1. The Morgan fingerprint density at radius 2 is 1.94 bits per heavy atom. The first-order valence-corrected chi connectivity index (χ1v) is 7.24. The highest BCUT2D eigenvalue weighted by Gasteiger charge is 2.34. The summed E-state index contributed by atoms with van der Waals surface area (Å²) in [5.74, 6) is -0.220. The minimum atomic E-state index is -0.311. The number of rotatable bonds is 4. The smallest absolute Gasteiger partial charge is 0.320 e. The SMILES string of the molecule is COC(=O)C(I)CNC(=O)C1(C)CCCCC1. The van der Waals surface area contributed by atoms with Crippen LogP contribution in [0.3, 0.4) is 0 Å². The fourth-order valence-electron chi connectivity index (χ4n) is 2.17. The van der Waals surface area contributed by atoms with Gasteiger partial charge in [0.25, 0.3) is 0 Å². The van der Waals surface area contributed by atoms with Gasteiger partial charge in [-0.25, -0.2) is 0 Å². The minimum Gasteiger partial charge on any atom is -0.468 e. The van der Waals surface area contributed by atoms with E-state index in [1.54, 1.807) is 0 Å². The van der Waals surface area contributed by atoms with Crippen LogP contribution < -0.4 is 5.32 Å². The van der Waals surface area contributed by atoms with E-state index in [0.29, 0.717) is 6.54 Å². The van der Waals surface area contributed by atoms with Gasteiger partial charge in [0.15, 0.2) is 0 Å². The van der Waals surface area contributed by atoms with Gasteiger partial charge in [-0.3, -0.25) is 9.59 Å². The molecule has 1 aliphatic rings. The zero-order valence-corrected chi connectivity index (χ0v) is 12.6. The summed E-state index contributed by atoms with van der Waals surface area (Å²) < 4.78 is 4.31. The van der Waals surface area contributed by atoms with E-state index in [4.69, 9.17) is 0 Å². The summed E-state index contributed by atoms with van der Waals surface area (Å²) in [7, 11) is 1.36. The van der Waals surface area contributed by atoms with Gasteiger partial charge >= 0.3 is 5.97 Å². The van der Waals surface area contributed by atoms with Crippen molar-refractivity contribution in [3.05, 3.63) is 0 Å². The van der Waals surface area contributed by atoms with E-state index in [1.807, 2.05) is 29.5 Å². The molecular formula is C12H20INO3. The van der Waals surface area contributed by atoms with Crippen LogP contribution >= 0.6 is 22.6 Å². The Balaban J connectivity index is 2.41. The summed E-state index contributed by atoms with van der Waals surface area (Å²) in [6.07, 6.45) is 5.36. The van der Waals surface area contributed by atoms with Crippen molar-refractivity contribution < 1.29 is 14.3 Å². The van der Waals surface area contributed by atoms with Crippen LogP contribution in [0.5, 0.6) is 0 Å². The van der Waals surface area contributed by atoms with E-state index in [0.717, 1.165) is 25.7 Å². The number of carbonyl (C=O) groups is 2. The molecule has 0 radical (unpaired) electrons. The zero-order valence-electron chi connectivity index (χ0n) is 10.4. The average Bonchev–Trinajstić information content (AvgIpc) is 2.35. The molecule has 0 aromatic carbocycles. The monoisotopic (exact) mass is 353 g/mol. The second kappa shape index (κ2) is 6.56. The molecule has 0 aromatic heterocycles. The molecule has 0 spiro atoms. The lowest BCUT2D eigenvalue weighted by atomic mass is 9.75. The van der Waals surface area contributed by atoms with Crippen molar-refractivity contribution in [2.75, 3.05) is 13.7 Å². The number of nitrogens with one attached hydrogen (secondary N) is 1. The van der Waals surface area contributed by atoms with Crippen LogP contribution in [0, 0.1) is 5.41 Å². The molecule has 0 heterocycles. The van der Waals surface area contributed by atoms with E-state index < -0.39 is 0 Å². The molecular weight excluding hydrogens is 333 g/mol. The highest BCUT2D eigenvalue weighted by atomic mass is 127. The third-order valence-electron chi connectivity index (χ3n) is 3.40. The molecule has 98 valence electrons. The van der Waals surface area contributed by atoms with Gasteiger partial charge in [0.2, 0.25) is 5.91 Å². The van der Waals surface area contributed by atoms with Crippen LogP contribution in [-0.2, 0) is 14.3 Å². The summed E-state index contributed by atoms with van der Waals surface area (Å²) in [6, 6.07) is 0. The van der Waals surface area contributed by atoms with Gasteiger partial charge in [0.05, 0.1) is 7.11 Å². The van der Waals surface area contributed by atoms with E-state index in [9.17, 15) is 9.59 Å². The van der Waals surface area contributed by atoms with Crippen LogP contribution in [0.25, 0.3) is 0 Å². The Labute approximate surface area is 116 Å². The summed E-state index contributed by atoms with van der Waals surface area (Å²) in [6.45, 7) is 2.36. The van der Waals surface area contributed by atoms with Gasteiger partial charge in [-0.15, -0.1) is 0 Å². The highest BCUT2D eigenvalue weighted by Crippen LogP contribution is 2.35. The van der Waals surface area contributed by atoms with E-state index >= 15 is 0 Å². The largest absolute Gasteiger partial charge is 0.468 e. The molecule has 5 heteroatoms. The lowest BCUT2D eigenvalue weighted by molar-refractivity contribution is -0.139. The second-order valence-electron chi connectivity index (χ2n) is 4.82. The van der Waals surface area contributed by atoms with Gasteiger partial charge in [-0.1, -0.05) is 48.8 Å². The molecule has 0 aliphatic heterocycles. The first-order chi connectivity index (χ1) is 7.99. The molecule has 1 aliphatic carbocycles. The summed E-state index contributed by atoms with van der Waals surface area (Å²) in [5.41, 5.74) is -0.245. The normalized spacial score (nSPS) is 20.4. The molecule has 0 saturated heterocycles. The number of ether oxygens (including phenoxy) is 1. The number of methoxy groups -OCH3 is 1. The topological polar surface area (TPSA) is 55.4 Å². The van der Waals surface area contributed by atoms with Gasteiger partial charge in [-0.2, -0.15) is 0 Å². The summed E-state index contributed by atoms with van der Waals surface area (Å²) in [5, 5.41) is 2.86. The zero-order chi connectivity index (χ0) is 12.9. The van der Waals surface area contributed by atoms with Crippen molar-refractivity contribution >= 4 is 34.5 Å². The predicted octanol–water partition coefficient (Wildman–Crippen LogP) is 2.05. The molecule has 1 rings (SSSR count). The number of esters is 1. The highest BCUT2D eigenvalue weighted by molar-refractivity contribution is 14.1. The van der Waals surface area contributed by atoms with Gasteiger partial charge < -0.3 is 10.1 Å². The molecule has 17 heavy (non-hydrogen) atoms. The standard InChI is InChI=1S/C12H20INO3/c1-12(6-4-3-5-7-12)11(16)14-8-9(13)10(15)17-2/h9H,3-8H2,1-2H3,(H,14,16). The molecule has 0 aromatic rings. The molecule has 1 amide bonds. The number of halogens is 1. The van der Waals surface area contributed by atoms with Crippen molar-refractivity contribution in [3.63, 3.8) is 0 Å². The van der Waals surface area contributed by atoms with Gasteiger partial charge in [0.1, 0.15) is 3.92 Å². The van der Waals surface area contributed by atoms with Crippen LogP contribution in [0.15, 0.2) is 0 Å². The minimum absolute atomic E-state index is 0.0720. The van der Waals surface area contributed by atoms with Crippen molar-refractivity contribution in [3.8, 4) is 0 Å². The summed E-state index contributed by atoms with van der Waals surface area (Å²) in [4.78, 5) is 23.3. The van der Waals surface area contributed by atoms with E-state index in [1.165, 1.54) is 13.5 Å². The Hall–Kier alpha value is -0.330. The van der Waals surface area contributed by atoms with Crippen molar-refractivity contribution in [2.24, 2.45) is 5.41 Å². The Morgan fingerprint density at radius 1 is 1.35 bits per heavy atom. The fourth-order valence-corrected chi connectivity index (χ4v) is 2.64. The lowest BCUT2D eigenvalue weighted by Gasteiger charge is -2.32. The van der Waals surface area contributed by atoms with Crippen LogP contribution in [0.1, 0.15) is 39.0 Å². The first kappa shape index (κ1) is 14.7. The molecule has 1 unspecified atom stereocenters. The Bertz CT molecular complexity index is 287. The maximum atomic E-state index is 12.1. The maximum Gasteiger partial charge on any atom is 0.320 e. The second-order valence-corrected chi connectivity index (χ2v) is 6.33.